The highest BCUT2D eigenvalue weighted by Gasteiger charge is 2.03. The Morgan fingerprint density at radius 3 is 2.67 bits per heavy atom. The summed E-state index contributed by atoms with van der Waals surface area (Å²) < 4.78 is 0. The van der Waals surface area contributed by atoms with Crippen molar-refractivity contribution in [2.45, 2.75) is 26.8 Å². The lowest BCUT2D eigenvalue weighted by Gasteiger charge is -2.13. The maximum atomic E-state index is 9.04. The Bertz CT molecular complexity index is 282. The molecule has 1 unspecified atom stereocenters. The van der Waals surface area contributed by atoms with Gasteiger partial charge in [0.2, 0.25) is 0 Å². The molecule has 0 heterocycles. The molecule has 2 nitrogen and oxygen atoms in total. The number of hydrogen-bond acceptors (Lipinski definition) is 2. The van der Waals surface area contributed by atoms with Crippen LogP contribution in [0.4, 0.5) is 0 Å². The molecule has 2 N–H and O–H groups in total. The van der Waals surface area contributed by atoms with Crippen LogP contribution >= 0.6 is 0 Å². The summed E-state index contributed by atoms with van der Waals surface area (Å²) in [4.78, 5) is 0. The van der Waals surface area contributed by atoms with E-state index in [2.05, 4.69) is 43.4 Å². The molecule has 0 saturated carbocycles. The molecule has 0 saturated heterocycles. The summed E-state index contributed by atoms with van der Waals surface area (Å²) in [5.74, 6) is 0.383. The first-order chi connectivity index (χ1) is 7.27. The largest absolute Gasteiger partial charge is 0.396 e. The van der Waals surface area contributed by atoms with Gasteiger partial charge in [-0.1, -0.05) is 31.2 Å². The van der Waals surface area contributed by atoms with Gasteiger partial charge < -0.3 is 10.4 Å². The molecule has 0 spiro atoms. The number of rotatable bonds is 6. The molecule has 0 aliphatic heterocycles. The van der Waals surface area contributed by atoms with Crippen LogP contribution in [0, 0.1) is 12.8 Å². The number of aliphatic hydroxyl groups excluding tert-OH is 1. The van der Waals surface area contributed by atoms with Crippen molar-refractivity contribution in [3.63, 3.8) is 0 Å². The molecular formula is C13H21NO. The van der Waals surface area contributed by atoms with Gasteiger partial charge in [0.15, 0.2) is 0 Å². The summed E-state index contributed by atoms with van der Waals surface area (Å²) in [6.45, 7) is 6.29. The second kappa shape index (κ2) is 6.59. The van der Waals surface area contributed by atoms with E-state index in [4.69, 9.17) is 5.11 Å². The van der Waals surface area contributed by atoms with E-state index in [1.54, 1.807) is 0 Å². The highest BCUT2D eigenvalue weighted by atomic mass is 16.3. The van der Waals surface area contributed by atoms with E-state index in [9.17, 15) is 0 Å². The van der Waals surface area contributed by atoms with Gasteiger partial charge in [0, 0.05) is 19.7 Å². The quantitative estimate of drug-likeness (QED) is 0.748. The van der Waals surface area contributed by atoms with Crippen LogP contribution in [0.3, 0.4) is 0 Å². The summed E-state index contributed by atoms with van der Waals surface area (Å²) in [5, 5.41) is 12.4. The van der Waals surface area contributed by atoms with Crippen LogP contribution in [-0.2, 0) is 6.54 Å². The van der Waals surface area contributed by atoms with Gasteiger partial charge in [0.05, 0.1) is 0 Å². The van der Waals surface area contributed by atoms with Gasteiger partial charge in [0.1, 0.15) is 0 Å². The highest BCUT2D eigenvalue weighted by Crippen LogP contribution is 2.06. The van der Waals surface area contributed by atoms with Crippen LogP contribution in [0.2, 0.25) is 0 Å². The number of hydrogen-bond donors (Lipinski definition) is 2. The molecule has 15 heavy (non-hydrogen) atoms. The maximum Gasteiger partial charge on any atom is 0.0471 e. The van der Waals surface area contributed by atoms with Crippen LogP contribution in [0.1, 0.15) is 24.5 Å². The smallest absolute Gasteiger partial charge is 0.0471 e. The van der Waals surface area contributed by atoms with Gasteiger partial charge in [-0.3, -0.25) is 0 Å². The minimum absolute atomic E-state index is 0.275. The van der Waals surface area contributed by atoms with Crippen LogP contribution in [-0.4, -0.2) is 18.3 Å². The fourth-order valence-corrected chi connectivity index (χ4v) is 1.56. The van der Waals surface area contributed by atoms with Crippen molar-refractivity contribution in [1.29, 1.82) is 0 Å². The van der Waals surface area contributed by atoms with Crippen LogP contribution in [0.15, 0.2) is 24.3 Å². The van der Waals surface area contributed by atoms with E-state index < -0.39 is 0 Å². The van der Waals surface area contributed by atoms with Crippen LogP contribution < -0.4 is 5.32 Å². The Hall–Kier alpha value is -0.860. The molecule has 0 fully saturated rings. The van der Waals surface area contributed by atoms with Crippen LogP contribution in [0.5, 0.6) is 0 Å². The second-order valence-corrected chi connectivity index (χ2v) is 4.01. The lowest BCUT2D eigenvalue weighted by atomic mass is 10.1. The summed E-state index contributed by atoms with van der Waals surface area (Å²) in [5.41, 5.74) is 2.66. The van der Waals surface area contributed by atoms with Crippen molar-refractivity contribution in [2.75, 3.05) is 13.2 Å². The van der Waals surface area contributed by atoms with Gasteiger partial charge in [-0.2, -0.15) is 0 Å². The second-order valence-electron chi connectivity index (χ2n) is 4.01. The standard InChI is InChI=1S/C13H21NO/c1-3-12(10-15)8-14-9-13-7-5-4-6-11(13)2/h4-7,12,14-15H,3,8-10H2,1-2H3. The normalized spacial score (nSPS) is 12.7. The summed E-state index contributed by atoms with van der Waals surface area (Å²) >= 11 is 0. The Kier molecular flexibility index (Phi) is 5.37. The molecule has 0 amide bonds. The van der Waals surface area contributed by atoms with Crippen LogP contribution in [0.25, 0.3) is 0 Å². The van der Waals surface area contributed by atoms with E-state index >= 15 is 0 Å². The molecule has 0 radical (unpaired) electrons. The number of aliphatic hydroxyl groups is 1. The Balaban J connectivity index is 2.34. The zero-order valence-corrected chi connectivity index (χ0v) is 9.66. The maximum absolute atomic E-state index is 9.04. The third kappa shape index (κ3) is 4.02. The lowest BCUT2D eigenvalue weighted by molar-refractivity contribution is 0.218. The van der Waals surface area contributed by atoms with E-state index in [0.29, 0.717) is 5.92 Å². The van der Waals surface area contributed by atoms with E-state index in [-0.39, 0.29) is 6.61 Å². The van der Waals surface area contributed by atoms with Gasteiger partial charge in [-0.05, 0) is 30.4 Å². The molecule has 84 valence electrons. The molecule has 0 aromatic heterocycles. The highest BCUT2D eigenvalue weighted by molar-refractivity contribution is 5.25. The van der Waals surface area contributed by atoms with Gasteiger partial charge in [0.25, 0.3) is 0 Å². The van der Waals surface area contributed by atoms with E-state index in [1.807, 2.05) is 0 Å². The molecule has 2 heteroatoms. The average Bonchev–Trinajstić information content (AvgIpc) is 2.27. The third-order valence-corrected chi connectivity index (χ3v) is 2.85. The molecule has 0 aliphatic rings. The van der Waals surface area contributed by atoms with Crippen molar-refractivity contribution in [3.8, 4) is 0 Å². The molecule has 0 bridgehead atoms. The zero-order chi connectivity index (χ0) is 11.1. The summed E-state index contributed by atoms with van der Waals surface area (Å²) in [7, 11) is 0. The van der Waals surface area contributed by atoms with Crippen molar-refractivity contribution in [3.05, 3.63) is 35.4 Å². The third-order valence-electron chi connectivity index (χ3n) is 2.85. The van der Waals surface area contributed by atoms with Crippen molar-refractivity contribution >= 4 is 0 Å². The lowest BCUT2D eigenvalue weighted by Crippen LogP contribution is -2.24. The van der Waals surface area contributed by atoms with Gasteiger partial charge in [-0.15, -0.1) is 0 Å². The van der Waals surface area contributed by atoms with Crippen molar-refractivity contribution in [1.82, 2.24) is 5.32 Å². The predicted octanol–water partition coefficient (Wildman–Crippen LogP) is 2.10. The Labute approximate surface area is 92.3 Å². The fourth-order valence-electron chi connectivity index (χ4n) is 1.56. The minimum atomic E-state index is 0.275. The first-order valence-electron chi connectivity index (χ1n) is 5.64. The minimum Gasteiger partial charge on any atom is -0.396 e. The Morgan fingerprint density at radius 2 is 2.07 bits per heavy atom. The first kappa shape index (κ1) is 12.2. The predicted molar refractivity (Wildman–Crippen MR) is 63.8 cm³/mol. The first-order valence-corrected chi connectivity index (χ1v) is 5.64. The molecular weight excluding hydrogens is 186 g/mol. The van der Waals surface area contributed by atoms with Gasteiger partial charge >= 0.3 is 0 Å². The SMILES string of the molecule is CCC(CO)CNCc1ccccc1C. The number of benzene rings is 1. The zero-order valence-electron chi connectivity index (χ0n) is 9.66. The fraction of sp³-hybridized carbons (Fsp3) is 0.538. The molecule has 1 atom stereocenters. The van der Waals surface area contributed by atoms with Gasteiger partial charge in [-0.25, -0.2) is 0 Å². The average molecular weight is 207 g/mol. The molecule has 1 aromatic rings. The molecule has 0 aliphatic carbocycles. The Morgan fingerprint density at radius 1 is 1.33 bits per heavy atom. The topological polar surface area (TPSA) is 32.3 Å². The van der Waals surface area contributed by atoms with Crippen molar-refractivity contribution < 1.29 is 5.11 Å². The number of aryl methyl sites for hydroxylation is 1. The number of nitrogens with one attached hydrogen (secondary N) is 1. The molecule has 1 aromatic carbocycles. The van der Waals surface area contributed by atoms with E-state index in [0.717, 1.165) is 19.5 Å². The summed E-state index contributed by atoms with van der Waals surface area (Å²) in [6, 6.07) is 8.39. The van der Waals surface area contributed by atoms with Crippen molar-refractivity contribution in [2.24, 2.45) is 5.92 Å². The van der Waals surface area contributed by atoms with E-state index in [1.165, 1.54) is 11.1 Å². The summed E-state index contributed by atoms with van der Waals surface area (Å²) in [6.07, 6.45) is 1.03. The monoisotopic (exact) mass is 207 g/mol. The molecule has 1 rings (SSSR count).